The fraction of sp³-hybridized carbons (Fsp3) is 0.756. The zero-order valence-electron chi connectivity index (χ0n) is 29.9. The summed E-state index contributed by atoms with van der Waals surface area (Å²) >= 11 is 0. The van der Waals surface area contributed by atoms with Gasteiger partial charge in [-0.2, -0.15) is 0 Å². The maximum Gasteiger partial charge on any atom is 0.209 e. The van der Waals surface area contributed by atoms with Gasteiger partial charge < -0.3 is 15.3 Å². The number of rotatable bonds is 34. The van der Waals surface area contributed by atoms with E-state index in [0.29, 0.717) is 19.3 Å². The topological polar surface area (TPSA) is 94.8 Å². The number of carbonyl (C=O) groups excluding carboxylic acids is 2. The lowest BCUT2D eigenvalue weighted by atomic mass is 9.83. The molecule has 1 unspecified atom stereocenters. The van der Waals surface area contributed by atoms with Crippen molar-refractivity contribution in [1.82, 2.24) is 0 Å². The SMILES string of the molecule is CCCCC/C=C\C/C=C\C/C=C\C/C=C\CCCC(=O)C(O)(C(=O)CCCCCCCCCCCCCCCCC)[C@@H](O)CO. The highest BCUT2D eigenvalue weighted by molar-refractivity contribution is 6.10. The van der Waals surface area contributed by atoms with Crippen LogP contribution in [0.5, 0.6) is 0 Å². The number of ketones is 2. The van der Waals surface area contributed by atoms with Gasteiger partial charge in [-0.15, -0.1) is 0 Å². The molecule has 0 rings (SSSR count). The largest absolute Gasteiger partial charge is 0.394 e. The van der Waals surface area contributed by atoms with Crippen LogP contribution >= 0.6 is 0 Å². The van der Waals surface area contributed by atoms with E-state index < -0.39 is 29.9 Å². The van der Waals surface area contributed by atoms with Crippen LogP contribution in [0.3, 0.4) is 0 Å². The molecule has 46 heavy (non-hydrogen) atoms. The van der Waals surface area contributed by atoms with E-state index in [1.807, 2.05) is 12.2 Å². The average Bonchev–Trinajstić information content (AvgIpc) is 3.06. The second-order valence-electron chi connectivity index (χ2n) is 13.0. The summed E-state index contributed by atoms with van der Waals surface area (Å²) in [5.41, 5.74) is -2.52. The highest BCUT2D eigenvalue weighted by Gasteiger charge is 2.48. The highest BCUT2D eigenvalue weighted by atomic mass is 16.4. The van der Waals surface area contributed by atoms with Gasteiger partial charge in [-0.3, -0.25) is 9.59 Å². The standard InChI is InChI=1S/C41H72O5/c1-3-5-7-9-11-13-15-17-19-20-22-24-26-28-30-32-34-36-39(44)41(46,40(45)37-42)38(43)35-33-31-29-27-25-23-21-18-16-14-12-10-8-6-4-2/h11,13,17,19,22,24,28,30,40,42,45-46H,3-10,12,14-16,18,20-21,23,25-27,29,31-37H2,1-2H3/b13-11-,19-17-,24-22-,30-28-/t40-,41?/m0/s1. The van der Waals surface area contributed by atoms with Crippen molar-refractivity contribution in [3.8, 4) is 0 Å². The Bertz CT molecular complexity index is 827. The van der Waals surface area contributed by atoms with Gasteiger partial charge in [0.25, 0.3) is 0 Å². The molecule has 0 aliphatic carbocycles. The third kappa shape index (κ3) is 24.4. The third-order valence-electron chi connectivity index (χ3n) is 8.74. The van der Waals surface area contributed by atoms with E-state index in [1.54, 1.807) is 0 Å². The van der Waals surface area contributed by atoms with E-state index in [-0.39, 0.29) is 12.8 Å². The lowest BCUT2D eigenvalue weighted by molar-refractivity contribution is -0.166. The van der Waals surface area contributed by atoms with Crippen molar-refractivity contribution in [2.45, 2.75) is 192 Å². The van der Waals surface area contributed by atoms with Gasteiger partial charge in [-0.05, 0) is 51.4 Å². The van der Waals surface area contributed by atoms with Crippen LogP contribution in [0.25, 0.3) is 0 Å². The zero-order chi connectivity index (χ0) is 34.0. The van der Waals surface area contributed by atoms with Crippen LogP contribution in [0.15, 0.2) is 48.6 Å². The summed E-state index contributed by atoms with van der Waals surface area (Å²) in [7, 11) is 0. The molecule has 0 aromatic carbocycles. The van der Waals surface area contributed by atoms with E-state index in [9.17, 15) is 24.9 Å². The molecule has 0 aromatic heterocycles. The fourth-order valence-electron chi connectivity index (χ4n) is 5.64. The van der Waals surface area contributed by atoms with Crippen molar-refractivity contribution in [3.05, 3.63) is 48.6 Å². The first-order chi connectivity index (χ1) is 22.4. The van der Waals surface area contributed by atoms with Crippen LogP contribution in [0.4, 0.5) is 0 Å². The minimum absolute atomic E-state index is 0.0177. The zero-order valence-corrected chi connectivity index (χ0v) is 29.9. The van der Waals surface area contributed by atoms with Crippen molar-refractivity contribution < 1.29 is 24.9 Å². The Balaban J connectivity index is 4.10. The van der Waals surface area contributed by atoms with Crippen molar-refractivity contribution in [1.29, 1.82) is 0 Å². The molecule has 0 amide bonds. The van der Waals surface area contributed by atoms with Crippen LogP contribution in [-0.4, -0.2) is 45.2 Å². The van der Waals surface area contributed by atoms with Gasteiger partial charge in [0.2, 0.25) is 5.60 Å². The molecular weight excluding hydrogens is 572 g/mol. The van der Waals surface area contributed by atoms with Crippen LogP contribution in [0.1, 0.15) is 181 Å². The van der Waals surface area contributed by atoms with E-state index in [0.717, 1.165) is 38.5 Å². The van der Waals surface area contributed by atoms with E-state index in [4.69, 9.17) is 0 Å². The van der Waals surface area contributed by atoms with Crippen molar-refractivity contribution in [3.63, 3.8) is 0 Å². The smallest absolute Gasteiger partial charge is 0.209 e. The van der Waals surface area contributed by atoms with Gasteiger partial charge in [0.05, 0.1) is 6.61 Å². The fourth-order valence-corrected chi connectivity index (χ4v) is 5.64. The normalized spacial score (nSPS) is 14.3. The number of aliphatic hydroxyl groups excluding tert-OH is 2. The van der Waals surface area contributed by atoms with Crippen molar-refractivity contribution in [2.24, 2.45) is 0 Å². The minimum atomic E-state index is -2.52. The van der Waals surface area contributed by atoms with Crippen LogP contribution in [-0.2, 0) is 9.59 Å². The van der Waals surface area contributed by atoms with Gasteiger partial charge in [-0.25, -0.2) is 0 Å². The van der Waals surface area contributed by atoms with Crippen LogP contribution in [0.2, 0.25) is 0 Å². The highest BCUT2D eigenvalue weighted by Crippen LogP contribution is 2.22. The van der Waals surface area contributed by atoms with E-state index >= 15 is 0 Å². The molecule has 3 N–H and O–H groups in total. The summed E-state index contributed by atoms with van der Waals surface area (Å²) < 4.78 is 0. The number of hydrogen-bond acceptors (Lipinski definition) is 5. The predicted octanol–water partition coefficient (Wildman–Crippen LogP) is 10.6. The predicted molar refractivity (Wildman–Crippen MR) is 196 cm³/mol. The Kier molecular flexibility index (Phi) is 31.8. The first kappa shape index (κ1) is 44.2. The summed E-state index contributed by atoms with van der Waals surface area (Å²) in [5.74, 6) is -1.37. The lowest BCUT2D eigenvalue weighted by Gasteiger charge is -2.29. The molecule has 0 spiro atoms. The molecule has 0 saturated heterocycles. The molecule has 0 radical (unpaired) electrons. The third-order valence-corrected chi connectivity index (χ3v) is 8.74. The Morgan fingerprint density at radius 3 is 1.24 bits per heavy atom. The molecule has 0 aliphatic rings. The molecule has 0 saturated carbocycles. The number of hydrogen-bond donors (Lipinski definition) is 3. The Morgan fingerprint density at radius 1 is 0.500 bits per heavy atom. The summed E-state index contributed by atoms with van der Waals surface area (Å²) in [6, 6.07) is 0. The van der Waals surface area contributed by atoms with E-state index in [1.165, 1.54) is 96.3 Å². The van der Waals surface area contributed by atoms with E-state index in [2.05, 4.69) is 50.3 Å². The van der Waals surface area contributed by atoms with Crippen molar-refractivity contribution >= 4 is 11.6 Å². The number of allylic oxidation sites excluding steroid dienone is 8. The lowest BCUT2D eigenvalue weighted by Crippen LogP contribution is -2.57. The maximum absolute atomic E-state index is 12.9. The first-order valence-electron chi connectivity index (χ1n) is 19.1. The Hall–Kier alpha value is -1.82. The molecule has 0 heterocycles. The van der Waals surface area contributed by atoms with Gasteiger partial charge in [0, 0.05) is 12.8 Å². The average molecular weight is 645 g/mol. The molecular formula is C41H72O5. The van der Waals surface area contributed by atoms with Crippen LogP contribution in [0, 0.1) is 0 Å². The number of carbonyl (C=O) groups is 2. The molecule has 0 bridgehead atoms. The molecule has 2 atom stereocenters. The summed E-state index contributed by atoms with van der Waals surface area (Å²) in [6.45, 7) is 3.65. The summed E-state index contributed by atoms with van der Waals surface area (Å²) in [6.07, 6.45) is 42.4. The number of Topliss-reactive ketones (excluding diaryl/α,β-unsaturated/α-hetero) is 2. The maximum atomic E-state index is 12.9. The summed E-state index contributed by atoms with van der Waals surface area (Å²) in [5, 5.41) is 30.6. The molecule has 0 fully saturated rings. The molecule has 266 valence electrons. The first-order valence-corrected chi connectivity index (χ1v) is 19.1. The van der Waals surface area contributed by atoms with Gasteiger partial charge >= 0.3 is 0 Å². The number of aliphatic hydroxyl groups is 3. The monoisotopic (exact) mass is 645 g/mol. The molecule has 0 aromatic rings. The minimum Gasteiger partial charge on any atom is -0.394 e. The summed E-state index contributed by atoms with van der Waals surface area (Å²) in [4.78, 5) is 25.7. The second kappa shape index (κ2) is 33.1. The van der Waals surface area contributed by atoms with Gasteiger partial charge in [-0.1, -0.05) is 165 Å². The second-order valence-corrected chi connectivity index (χ2v) is 13.0. The van der Waals surface area contributed by atoms with Crippen LogP contribution < -0.4 is 0 Å². The number of unbranched alkanes of at least 4 members (excludes halogenated alkanes) is 18. The molecule has 5 heteroatoms. The van der Waals surface area contributed by atoms with Gasteiger partial charge in [0.15, 0.2) is 11.6 Å². The van der Waals surface area contributed by atoms with Crippen molar-refractivity contribution in [2.75, 3.05) is 6.61 Å². The Labute approximate surface area is 283 Å². The molecule has 0 aliphatic heterocycles. The Morgan fingerprint density at radius 2 is 0.826 bits per heavy atom. The quantitative estimate of drug-likeness (QED) is 0.0368. The molecule has 5 nitrogen and oxygen atoms in total. The van der Waals surface area contributed by atoms with Gasteiger partial charge in [0.1, 0.15) is 6.10 Å².